The van der Waals surface area contributed by atoms with Gasteiger partial charge in [0.15, 0.2) is 0 Å². The molecule has 0 aromatic heterocycles. The minimum atomic E-state index is 1.01. The van der Waals surface area contributed by atoms with Crippen LogP contribution < -0.4 is 5.32 Å². The van der Waals surface area contributed by atoms with E-state index in [2.05, 4.69) is 55.6 Å². The Morgan fingerprint density at radius 1 is 1.12 bits per heavy atom. The summed E-state index contributed by atoms with van der Waals surface area (Å²) in [6.45, 7) is 6.40. The van der Waals surface area contributed by atoms with Gasteiger partial charge in [0, 0.05) is 6.54 Å². The van der Waals surface area contributed by atoms with E-state index in [-0.39, 0.29) is 0 Å². The molecular formula is C15H23N. The fourth-order valence-corrected chi connectivity index (χ4v) is 1.60. The van der Waals surface area contributed by atoms with Gasteiger partial charge in [-0.2, -0.15) is 0 Å². The molecule has 0 bridgehead atoms. The number of nitrogens with one attached hydrogen (secondary N) is 1. The highest BCUT2D eigenvalue weighted by Gasteiger charge is 1.91. The molecule has 16 heavy (non-hydrogen) atoms. The van der Waals surface area contributed by atoms with Gasteiger partial charge in [0.1, 0.15) is 0 Å². The maximum atomic E-state index is 3.43. The molecule has 0 saturated carbocycles. The van der Waals surface area contributed by atoms with Crippen molar-refractivity contribution in [2.45, 2.75) is 33.1 Å². The normalized spacial score (nSPS) is 10.1. The van der Waals surface area contributed by atoms with Crippen molar-refractivity contribution in [1.29, 1.82) is 0 Å². The first kappa shape index (κ1) is 13.0. The molecule has 0 heterocycles. The van der Waals surface area contributed by atoms with Crippen LogP contribution in [0.15, 0.2) is 42.0 Å². The molecule has 1 aromatic rings. The maximum absolute atomic E-state index is 3.43. The first-order valence-electron chi connectivity index (χ1n) is 6.17. The lowest BCUT2D eigenvalue weighted by Gasteiger charge is -2.03. The Labute approximate surface area is 99.6 Å². The summed E-state index contributed by atoms with van der Waals surface area (Å²) in [5.41, 5.74) is 2.84. The van der Waals surface area contributed by atoms with Crippen LogP contribution in [0, 0.1) is 0 Å². The highest BCUT2D eigenvalue weighted by atomic mass is 14.8. The van der Waals surface area contributed by atoms with E-state index in [1.165, 1.54) is 30.4 Å². The summed E-state index contributed by atoms with van der Waals surface area (Å²) < 4.78 is 0. The third kappa shape index (κ3) is 6.41. The zero-order valence-corrected chi connectivity index (χ0v) is 10.5. The Morgan fingerprint density at radius 2 is 1.88 bits per heavy atom. The molecule has 0 aliphatic rings. The number of unbranched alkanes of at least 4 members (excludes halogenated alkanes) is 1. The van der Waals surface area contributed by atoms with Gasteiger partial charge in [-0.15, -0.1) is 0 Å². The van der Waals surface area contributed by atoms with Crippen molar-refractivity contribution >= 4 is 0 Å². The van der Waals surface area contributed by atoms with Crippen LogP contribution >= 0.6 is 0 Å². The Morgan fingerprint density at radius 3 is 2.56 bits per heavy atom. The topological polar surface area (TPSA) is 12.0 Å². The monoisotopic (exact) mass is 217 g/mol. The second-order valence-electron chi connectivity index (χ2n) is 4.43. The summed E-state index contributed by atoms with van der Waals surface area (Å²) in [5.74, 6) is 0. The lowest BCUT2D eigenvalue weighted by atomic mass is 10.1. The minimum Gasteiger partial charge on any atom is -0.313 e. The van der Waals surface area contributed by atoms with E-state index < -0.39 is 0 Å². The Bertz CT molecular complexity index is 296. The molecule has 1 nitrogen and oxygen atoms in total. The summed E-state index contributed by atoms with van der Waals surface area (Å²) in [6.07, 6.45) is 5.96. The van der Waals surface area contributed by atoms with Gasteiger partial charge < -0.3 is 5.32 Å². The van der Waals surface area contributed by atoms with Crippen LogP contribution in [-0.4, -0.2) is 13.1 Å². The van der Waals surface area contributed by atoms with Gasteiger partial charge >= 0.3 is 0 Å². The Hall–Kier alpha value is -1.08. The molecule has 0 aliphatic carbocycles. The van der Waals surface area contributed by atoms with Crippen molar-refractivity contribution in [2.75, 3.05) is 13.1 Å². The van der Waals surface area contributed by atoms with Gasteiger partial charge in [0.05, 0.1) is 0 Å². The molecule has 0 atom stereocenters. The maximum Gasteiger partial charge on any atom is 0.0137 e. The van der Waals surface area contributed by atoms with Crippen molar-refractivity contribution < 1.29 is 0 Å². The van der Waals surface area contributed by atoms with E-state index in [9.17, 15) is 0 Å². The molecule has 0 fully saturated rings. The number of aryl methyl sites for hydroxylation is 1. The van der Waals surface area contributed by atoms with Crippen LogP contribution in [-0.2, 0) is 6.42 Å². The highest BCUT2D eigenvalue weighted by molar-refractivity contribution is 5.14. The van der Waals surface area contributed by atoms with Crippen molar-refractivity contribution in [3.05, 3.63) is 47.5 Å². The zero-order chi connectivity index (χ0) is 11.6. The van der Waals surface area contributed by atoms with E-state index in [1.807, 2.05) is 0 Å². The summed E-state index contributed by atoms with van der Waals surface area (Å²) in [5, 5.41) is 3.43. The molecule has 0 spiro atoms. The van der Waals surface area contributed by atoms with E-state index in [0.29, 0.717) is 0 Å². The summed E-state index contributed by atoms with van der Waals surface area (Å²) in [7, 11) is 0. The van der Waals surface area contributed by atoms with Crippen LogP contribution in [0.25, 0.3) is 0 Å². The van der Waals surface area contributed by atoms with Gasteiger partial charge in [0.25, 0.3) is 0 Å². The Kier molecular flexibility index (Phi) is 6.59. The second-order valence-corrected chi connectivity index (χ2v) is 4.43. The van der Waals surface area contributed by atoms with Crippen LogP contribution in [0.5, 0.6) is 0 Å². The lowest BCUT2D eigenvalue weighted by molar-refractivity contribution is 0.654. The number of hydrogen-bond donors (Lipinski definition) is 1. The molecule has 1 rings (SSSR count). The van der Waals surface area contributed by atoms with Crippen LogP contribution in [0.2, 0.25) is 0 Å². The first-order valence-corrected chi connectivity index (χ1v) is 6.17. The van der Waals surface area contributed by atoms with Gasteiger partial charge in [0.2, 0.25) is 0 Å². The number of allylic oxidation sites excluding steroid dienone is 1. The number of benzene rings is 1. The van der Waals surface area contributed by atoms with Crippen LogP contribution in [0.1, 0.15) is 32.3 Å². The average molecular weight is 217 g/mol. The van der Waals surface area contributed by atoms with Gasteiger partial charge in [-0.05, 0) is 45.2 Å². The molecule has 0 radical (unpaired) electrons. The van der Waals surface area contributed by atoms with Crippen LogP contribution in [0.3, 0.4) is 0 Å². The van der Waals surface area contributed by atoms with Gasteiger partial charge in [-0.1, -0.05) is 42.0 Å². The molecule has 0 unspecified atom stereocenters. The highest BCUT2D eigenvalue weighted by Crippen LogP contribution is 2.03. The van der Waals surface area contributed by atoms with Crippen molar-refractivity contribution in [2.24, 2.45) is 0 Å². The molecule has 0 saturated heterocycles. The molecule has 1 heteroatoms. The molecule has 0 amide bonds. The smallest absolute Gasteiger partial charge is 0.0137 e. The minimum absolute atomic E-state index is 1.01. The average Bonchev–Trinajstić information content (AvgIpc) is 2.29. The molecule has 1 aromatic carbocycles. The summed E-state index contributed by atoms with van der Waals surface area (Å²) in [4.78, 5) is 0. The van der Waals surface area contributed by atoms with Crippen molar-refractivity contribution in [3.63, 3.8) is 0 Å². The summed E-state index contributed by atoms with van der Waals surface area (Å²) >= 11 is 0. The molecule has 88 valence electrons. The summed E-state index contributed by atoms with van der Waals surface area (Å²) in [6, 6.07) is 10.7. The van der Waals surface area contributed by atoms with Crippen molar-refractivity contribution in [3.8, 4) is 0 Å². The van der Waals surface area contributed by atoms with Gasteiger partial charge in [-0.3, -0.25) is 0 Å². The molecular weight excluding hydrogens is 194 g/mol. The number of hydrogen-bond acceptors (Lipinski definition) is 1. The second kappa shape index (κ2) is 8.12. The standard InChI is InChI=1S/C15H23N/c1-14(2)11-13-16-12-7-6-10-15-8-4-3-5-9-15/h3-5,8-9,11,16H,6-7,10,12-13H2,1-2H3. The van der Waals surface area contributed by atoms with E-state index in [4.69, 9.17) is 0 Å². The van der Waals surface area contributed by atoms with E-state index in [0.717, 1.165) is 13.1 Å². The first-order chi connectivity index (χ1) is 7.79. The quantitative estimate of drug-likeness (QED) is 0.544. The molecule has 0 aliphatic heterocycles. The Balaban J connectivity index is 1.98. The largest absolute Gasteiger partial charge is 0.313 e. The van der Waals surface area contributed by atoms with Crippen molar-refractivity contribution in [1.82, 2.24) is 5.32 Å². The van der Waals surface area contributed by atoms with Crippen LogP contribution in [0.4, 0.5) is 0 Å². The third-order valence-electron chi connectivity index (χ3n) is 2.57. The van der Waals surface area contributed by atoms with E-state index >= 15 is 0 Å². The lowest BCUT2D eigenvalue weighted by Crippen LogP contribution is -2.15. The zero-order valence-electron chi connectivity index (χ0n) is 10.5. The number of rotatable bonds is 7. The predicted octanol–water partition coefficient (Wildman–Crippen LogP) is 3.57. The third-order valence-corrected chi connectivity index (χ3v) is 2.57. The predicted molar refractivity (Wildman–Crippen MR) is 71.7 cm³/mol. The van der Waals surface area contributed by atoms with Gasteiger partial charge in [-0.25, -0.2) is 0 Å². The fourth-order valence-electron chi connectivity index (χ4n) is 1.60. The molecule has 1 N–H and O–H groups in total. The fraction of sp³-hybridized carbons (Fsp3) is 0.467. The SMILES string of the molecule is CC(C)=CCNCCCCc1ccccc1. The van der Waals surface area contributed by atoms with E-state index in [1.54, 1.807) is 0 Å².